The molecule has 1 heterocycles. The van der Waals surface area contributed by atoms with Gasteiger partial charge < -0.3 is 5.11 Å². The van der Waals surface area contributed by atoms with E-state index >= 15 is 0 Å². The highest BCUT2D eigenvalue weighted by molar-refractivity contribution is 6.34. The molecule has 0 radical (unpaired) electrons. The van der Waals surface area contributed by atoms with Crippen LogP contribution in [-0.2, 0) is 11.2 Å². The Hall–Kier alpha value is -2.92. The highest BCUT2D eigenvalue weighted by Gasteiger charge is 2.29. The molecule has 1 aliphatic heterocycles. The molecule has 1 N–H and O–H groups in total. The summed E-state index contributed by atoms with van der Waals surface area (Å²) in [6, 6.07) is 12.3. The molecule has 6 heteroatoms. The second kappa shape index (κ2) is 7.14. The van der Waals surface area contributed by atoms with Crippen molar-refractivity contribution in [3.05, 3.63) is 69.8 Å². The molecule has 2 aromatic carbocycles. The Balaban J connectivity index is 1.94. The first-order valence-electron chi connectivity index (χ1n) is 8.14. The Kier molecular flexibility index (Phi) is 4.91. The normalized spacial score (nSPS) is 15.5. The summed E-state index contributed by atoms with van der Waals surface area (Å²) in [5, 5.41) is 14.8. The number of aromatic carboxylic acids is 1. The molecule has 0 saturated carbocycles. The van der Waals surface area contributed by atoms with Crippen molar-refractivity contribution in [2.75, 3.05) is 5.01 Å². The highest BCUT2D eigenvalue weighted by atomic mass is 35.5. The number of nitrogens with zero attached hydrogens (tertiary/aromatic N) is 2. The van der Waals surface area contributed by atoms with Gasteiger partial charge in [-0.05, 0) is 48.7 Å². The number of rotatable bonds is 4. The number of aryl methyl sites for hydroxylation is 1. The first kappa shape index (κ1) is 17.9. The van der Waals surface area contributed by atoms with Crippen LogP contribution < -0.4 is 5.01 Å². The molecule has 0 bridgehead atoms. The van der Waals surface area contributed by atoms with Gasteiger partial charge in [0.25, 0.3) is 5.91 Å². The standard InChI is InChI=1S/C20H17ClN2O3/c1-3-13-4-6-14(7-5-13)10-16-12(2)22-23(19(16)24)15-8-9-18(21)17(11-15)20(25)26/h4-11H,3H2,1-2H3,(H,25,26)/b16-10-. The summed E-state index contributed by atoms with van der Waals surface area (Å²) >= 11 is 5.89. The molecule has 0 aliphatic carbocycles. The van der Waals surface area contributed by atoms with Crippen LogP contribution in [0.5, 0.6) is 0 Å². The van der Waals surface area contributed by atoms with Crippen molar-refractivity contribution in [1.82, 2.24) is 0 Å². The lowest BCUT2D eigenvalue weighted by Gasteiger charge is -2.13. The average Bonchev–Trinajstić information content (AvgIpc) is 2.91. The molecular formula is C20H17ClN2O3. The van der Waals surface area contributed by atoms with Crippen molar-refractivity contribution < 1.29 is 14.7 Å². The number of halogens is 1. The highest BCUT2D eigenvalue weighted by Crippen LogP contribution is 2.28. The Morgan fingerprint density at radius 3 is 2.54 bits per heavy atom. The fraction of sp³-hybridized carbons (Fsp3) is 0.150. The van der Waals surface area contributed by atoms with Crippen molar-refractivity contribution in [2.45, 2.75) is 20.3 Å². The van der Waals surface area contributed by atoms with Crippen LogP contribution in [0.25, 0.3) is 6.08 Å². The van der Waals surface area contributed by atoms with Crippen molar-refractivity contribution in [3.8, 4) is 0 Å². The Bertz CT molecular complexity index is 946. The lowest BCUT2D eigenvalue weighted by molar-refractivity contribution is -0.114. The van der Waals surface area contributed by atoms with Gasteiger partial charge in [0.2, 0.25) is 0 Å². The maximum absolute atomic E-state index is 12.8. The van der Waals surface area contributed by atoms with E-state index in [2.05, 4.69) is 12.0 Å². The summed E-state index contributed by atoms with van der Waals surface area (Å²) in [5.74, 6) is -1.46. The third-order valence-corrected chi connectivity index (χ3v) is 4.52. The number of carbonyl (C=O) groups is 2. The largest absolute Gasteiger partial charge is 0.478 e. The van der Waals surface area contributed by atoms with E-state index in [0.717, 1.165) is 12.0 Å². The molecule has 1 aliphatic rings. The number of amides is 1. The van der Waals surface area contributed by atoms with Crippen molar-refractivity contribution in [2.24, 2.45) is 5.10 Å². The van der Waals surface area contributed by atoms with Gasteiger partial charge in [0, 0.05) is 0 Å². The van der Waals surface area contributed by atoms with Gasteiger partial charge in [0.15, 0.2) is 0 Å². The number of hydrazone groups is 1. The molecule has 0 saturated heterocycles. The fourth-order valence-electron chi connectivity index (χ4n) is 2.68. The monoisotopic (exact) mass is 368 g/mol. The number of benzene rings is 2. The van der Waals surface area contributed by atoms with E-state index in [1.54, 1.807) is 19.1 Å². The van der Waals surface area contributed by atoms with Crippen LogP contribution in [0.3, 0.4) is 0 Å². The molecule has 0 spiro atoms. The second-order valence-electron chi connectivity index (χ2n) is 5.92. The third kappa shape index (κ3) is 3.39. The van der Waals surface area contributed by atoms with E-state index in [1.807, 2.05) is 24.3 Å². The number of carbonyl (C=O) groups excluding carboxylic acids is 1. The van der Waals surface area contributed by atoms with Crippen LogP contribution in [-0.4, -0.2) is 22.7 Å². The van der Waals surface area contributed by atoms with E-state index in [9.17, 15) is 14.7 Å². The van der Waals surface area contributed by atoms with E-state index < -0.39 is 5.97 Å². The molecule has 0 fully saturated rings. The molecule has 2 aromatic rings. The molecular weight excluding hydrogens is 352 g/mol. The summed E-state index contributed by atoms with van der Waals surface area (Å²) in [6.07, 6.45) is 2.74. The van der Waals surface area contributed by atoms with Gasteiger partial charge in [-0.1, -0.05) is 42.8 Å². The van der Waals surface area contributed by atoms with Crippen LogP contribution in [0.4, 0.5) is 5.69 Å². The van der Waals surface area contributed by atoms with Gasteiger partial charge in [0.05, 0.1) is 27.6 Å². The molecule has 1 amide bonds. The first-order valence-corrected chi connectivity index (χ1v) is 8.52. The van der Waals surface area contributed by atoms with Crippen molar-refractivity contribution >= 4 is 41.0 Å². The minimum atomic E-state index is -1.16. The summed E-state index contributed by atoms with van der Waals surface area (Å²) < 4.78 is 0. The van der Waals surface area contributed by atoms with Gasteiger partial charge in [0.1, 0.15) is 0 Å². The fourth-order valence-corrected chi connectivity index (χ4v) is 2.88. The predicted molar refractivity (Wildman–Crippen MR) is 103 cm³/mol. The summed E-state index contributed by atoms with van der Waals surface area (Å²) in [7, 11) is 0. The quantitative estimate of drug-likeness (QED) is 0.813. The average molecular weight is 369 g/mol. The molecule has 26 heavy (non-hydrogen) atoms. The van der Waals surface area contributed by atoms with E-state index in [-0.39, 0.29) is 16.5 Å². The molecule has 5 nitrogen and oxygen atoms in total. The molecule has 0 aromatic heterocycles. The Labute approximate surface area is 156 Å². The Morgan fingerprint density at radius 2 is 1.92 bits per heavy atom. The number of hydrogen-bond donors (Lipinski definition) is 1. The van der Waals surface area contributed by atoms with Crippen LogP contribution in [0, 0.1) is 0 Å². The van der Waals surface area contributed by atoms with Gasteiger partial charge in [-0.2, -0.15) is 10.1 Å². The van der Waals surface area contributed by atoms with Crippen LogP contribution in [0.2, 0.25) is 5.02 Å². The third-order valence-electron chi connectivity index (χ3n) is 4.19. The zero-order chi connectivity index (χ0) is 18.8. The maximum atomic E-state index is 12.8. The summed E-state index contributed by atoms with van der Waals surface area (Å²) in [6.45, 7) is 3.83. The lowest BCUT2D eigenvalue weighted by atomic mass is 10.0. The summed E-state index contributed by atoms with van der Waals surface area (Å²) in [5.41, 5.74) is 3.46. The molecule has 132 valence electrons. The number of carboxylic acid groups (broad SMARTS) is 1. The number of hydrogen-bond acceptors (Lipinski definition) is 3. The van der Waals surface area contributed by atoms with E-state index in [1.165, 1.54) is 22.7 Å². The van der Waals surface area contributed by atoms with E-state index in [4.69, 9.17) is 11.6 Å². The zero-order valence-corrected chi connectivity index (χ0v) is 15.1. The van der Waals surface area contributed by atoms with Gasteiger partial charge in [-0.25, -0.2) is 4.79 Å². The van der Waals surface area contributed by atoms with Crippen LogP contribution in [0.1, 0.15) is 35.3 Å². The zero-order valence-electron chi connectivity index (χ0n) is 14.4. The minimum absolute atomic E-state index is 0.0718. The minimum Gasteiger partial charge on any atom is -0.478 e. The van der Waals surface area contributed by atoms with Crippen LogP contribution >= 0.6 is 11.6 Å². The van der Waals surface area contributed by atoms with Crippen LogP contribution in [0.15, 0.2) is 53.1 Å². The maximum Gasteiger partial charge on any atom is 0.337 e. The summed E-state index contributed by atoms with van der Waals surface area (Å²) in [4.78, 5) is 24.0. The first-order chi connectivity index (χ1) is 12.4. The smallest absolute Gasteiger partial charge is 0.337 e. The number of anilines is 1. The molecule has 0 unspecified atom stereocenters. The predicted octanol–water partition coefficient (Wildman–Crippen LogP) is 4.41. The Morgan fingerprint density at radius 1 is 1.23 bits per heavy atom. The van der Waals surface area contributed by atoms with E-state index in [0.29, 0.717) is 17.0 Å². The SMILES string of the molecule is CCc1ccc(/C=C2\C(=O)N(c3ccc(Cl)c(C(=O)O)c3)N=C2C)cc1. The van der Waals surface area contributed by atoms with Gasteiger partial charge >= 0.3 is 5.97 Å². The second-order valence-corrected chi connectivity index (χ2v) is 6.33. The van der Waals surface area contributed by atoms with Gasteiger partial charge in [-0.3, -0.25) is 4.79 Å². The lowest BCUT2D eigenvalue weighted by Crippen LogP contribution is -2.21. The molecule has 3 rings (SSSR count). The van der Waals surface area contributed by atoms with Crippen molar-refractivity contribution in [1.29, 1.82) is 0 Å². The van der Waals surface area contributed by atoms with Crippen molar-refractivity contribution in [3.63, 3.8) is 0 Å². The topological polar surface area (TPSA) is 70.0 Å². The number of carboxylic acids is 1. The van der Waals surface area contributed by atoms with Gasteiger partial charge in [-0.15, -0.1) is 0 Å². The molecule has 0 atom stereocenters.